The monoisotopic (exact) mass is 455 g/mol. The molecule has 5 nitrogen and oxygen atoms in total. The van der Waals surface area contributed by atoms with Crippen LogP contribution in [0.2, 0.25) is 5.02 Å². The van der Waals surface area contributed by atoms with Crippen LogP contribution in [-0.2, 0) is 11.2 Å². The fourth-order valence-corrected chi connectivity index (χ4v) is 4.87. The van der Waals surface area contributed by atoms with Crippen molar-refractivity contribution in [3.63, 3.8) is 0 Å². The topological polar surface area (TPSA) is 55.8 Å². The molecule has 6 heteroatoms. The van der Waals surface area contributed by atoms with E-state index in [2.05, 4.69) is 6.92 Å². The highest BCUT2D eigenvalue weighted by atomic mass is 35.5. The third-order valence-corrected chi connectivity index (χ3v) is 7.17. The van der Waals surface area contributed by atoms with E-state index in [0.717, 1.165) is 24.0 Å². The number of ether oxygens (including phenoxy) is 2. The number of hydrogen-bond acceptors (Lipinski definition) is 4. The van der Waals surface area contributed by atoms with E-state index in [-0.39, 0.29) is 18.3 Å². The molecular weight excluding hydrogens is 426 g/mol. The Kier molecular flexibility index (Phi) is 6.47. The molecule has 32 heavy (non-hydrogen) atoms. The van der Waals surface area contributed by atoms with Crippen molar-refractivity contribution in [3.05, 3.63) is 57.6 Å². The number of hydrogen-bond donors (Lipinski definition) is 0. The lowest BCUT2D eigenvalue weighted by atomic mass is 9.81. The number of fused-ring (bicyclic) bond motifs is 1. The zero-order chi connectivity index (χ0) is 22.9. The summed E-state index contributed by atoms with van der Waals surface area (Å²) in [5, 5.41) is 0.622. The van der Waals surface area contributed by atoms with Crippen LogP contribution in [0.5, 0.6) is 11.5 Å². The van der Waals surface area contributed by atoms with Gasteiger partial charge in [-0.2, -0.15) is 0 Å². The van der Waals surface area contributed by atoms with Crippen LogP contribution < -0.4 is 9.47 Å². The number of carbonyl (C=O) groups excluding carboxylic acids is 2. The summed E-state index contributed by atoms with van der Waals surface area (Å²) in [5.74, 6) is 1.35. The van der Waals surface area contributed by atoms with E-state index in [1.165, 1.54) is 5.56 Å². The summed E-state index contributed by atoms with van der Waals surface area (Å²) in [7, 11) is 0. The van der Waals surface area contributed by atoms with Crippen molar-refractivity contribution >= 4 is 23.3 Å². The summed E-state index contributed by atoms with van der Waals surface area (Å²) in [6, 6.07) is 9.78. The van der Waals surface area contributed by atoms with E-state index >= 15 is 0 Å². The van der Waals surface area contributed by atoms with Crippen LogP contribution in [0.4, 0.5) is 0 Å². The highest BCUT2D eigenvalue weighted by Crippen LogP contribution is 2.43. The normalized spacial score (nSPS) is 17.1. The van der Waals surface area contributed by atoms with Gasteiger partial charge in [0.25, 0.3) is 5.91 Å². The highest BCUT2D eigenvalue weighted by Gasteiger charge is 2.44. The van der Waals surface area contributed by atoms with Crippen LogP contribution in [0, 0.1) is 13.8 Å². The van der Waals surface area contributed by atoms with Crippen molar-refractivity contribution in [2.45, 2.75) is 58.5 Å². The lowest BCUT2D eigenvalue weighted by Crippen LogP contribution is -2.53. The lowest BCUT2D eigenvalue weighted by Gasteiger charge is -2.44. The quantitative estimate of drug-likeness (QED) is 0.612. The molecule has 1 spiro atoms. The third kappa shape index (κ3) is 4.49. The molecule has 0 aromatic heterocycles. The number of amides is 1. The lowest BCUT2D eigenvalue weighted by molar-refractivity contribution is -0.136. The number of ketones is 1. The van der Waals surface area contributed by atoms with Gasteiger partial charge in [-0.3, -0.25) is 9.59 Å². The summed E-state index contributed by atoms with van der Waals surface area (Å²) in [4.78, 5) is 27.4. The van der Waals surface area contributed by atoms with Gasteiger partial charge in [-0.25, -0.2) is 0 Å². The van der Waals surface area contributed by atoms with Crippen molar-refractivity contribution in [2.75, 3.05) is 19.7 Å². The van der Waals surface area contributed by atoms with Gasteiger partial charge in [-0.1, -0.05) is 37.1 Å². The molecule has 2 heterocycles. The van der Waals surface area contributed by atoms with Crippen molar-refractivity contribution < 1.29 is 19.1 Å². The Bertz CT molecular complexity index is 1020. The fraction of sp³-hybridized carbons (Fsp3) is 0.462. The van der Waals surface area contributed by atoms with Gasteiger partial charge in [-0.05, 0) is 55.2 Å². The second-order valence-corrected chi connectivity index (χ2v) is 9.33. The van der Waals surface area contributed by atoms with Gasteiger partial charge >= 0.3 is 0 Å². The molecule has 0 atom stereocenters. The number of rotatable bonds is 5. The largest absolute Gasteiger partial charge is 0.486 e. The molecule has 4 rings (SSSR count). The predicted octanol–water partition coefficient (Wildman–Crippen LogP) is 5.31. The average molecular weight is 456 g/mol. The number of aryl methyl sites for hydroxylation is 2. The molecule has 0 unspecified atom stereocenters. The molecule has 1 fully saturated rings. The number of halogens is 1. The fourth-order valence-electron chi connectivity index (χ4n) is 4.72. The summed E-state index contributed by atoms with van der Waals surface area (Å²) in [6.07, 6.45) is 3.70. The molecule has 2 aliphatic heterocycles. The van der Waals surface area contributed by atoms with Crippen molar-refractivity contribution in [1.29, 1.82) is 0 Å². The second-order valence-electron chi connectivity index (χ2n) is 8.95. The molecule has 2 aromatic carbocycles. The van der Waals surface area contributed by atoms with Crippen molar-refractivity contribution in [3.8, 4) is 11.5 Å². The van der Waals surface area contributed by atoms with Gasteiger partial charge in [-0.15, -0.1) is 0 Å². The van der Waals surface area contributed by atoms with E-state index < -0.39 is 5.60 Å². The Morgan fingerprint density at radius 1 is 1.19 bits per heavy atom. The van der Waals surface area contributed by atoms with Gasteiger partial charge in [0, 0.05) is 31.0 Å². The van der Waals surface area contributed by atoms with E-state index in [1.807, 2.05) is 44.2 Å². The standard InChI is InChI=1S/C26H30ClNO4/c1-4-5-19-6-8-20(9-7-19)31-16-23(30)28-12-10-26(11-13-28)15-21(29)24-18(3)25(27)17(2)14-22(24)32-26/h6-9,14H,4-5,10-13,15-16H2,1-3H3. The van der Waals surface area contributed by atoms with Gasteiger partial charge in [0.15, 0.2) is 12.4 Å². The van der Waals surface area contributed by atoms with Crippen molar-refractivity contribution in [1.82, 2.24) is 4.90 Å². The first kappa shape index (κ1) is 22.7. The van der Waals surface area contributed by atoms with E-state index in [9.17, 15) is 9.59 Å². The average Bonchev–Trinajstić information content (AvgIpc) is 2.77. The third-order valence-electron chi connectivity index (χ3n) is 6.58. The van der Waals surface area contributed by atoms with Crippen LogP contribution in [0.1, 0.15) is 59.7 Å². The van der Waals surface area contributed by atoms with E-state index in [0.29, 0.717) is 54.4 Å². The highest BCUT2D eigenvalue weighted by molar-refractivity contribution is 6.32. The molecule has 0 N–H and O–H groups in total. The molecular formula is C26H30ClNO4. The molecule has 2 aliphatic rings. The zero-order valence-corrected chi connectivity index (χ0v) is 19.8. The molecule has 0 bridgehead atoms. The molecule has 170 valence electrons. The minimum absolute atomic E-state index is 0.0135. The Morgan fingerprint density at radius 3 is 2.53 bits per heavy atom. The number of nitrogens with zero attached hydrogens (tertiary/aromatic N) is 1. The summed E-state index contributed by atoms with van der Waals surface area (Å²) < 4.78 is 12.1. The minimum Gasteiger partial charge on any atom is -0.486 e. The Morgan fingerprint density at radius 2 is 1.88 bits per heavy atom. The van der Waals surface area contributed by atoms with Gasteiger partial charge in [0.2, 0.25) is 0 Å². The zero-order valence-electron chi connectivity index (χ0n) is 19.0. The molecule has 1 amide bonds. The van der Waals surface area contributed by atoms with Crippen LogP contribution >= 0.6 is 11.6 Å². The number of piperidine rings is 1. The first-order valence-electron chi connectivity index (χ1n) is 11.3. The van der Waals surface area contributed by atoms with Crippen molar-refractivity contribution in [2.24, 2.45) is 0 Å². The number of Topliss-reactive ketones (excluding diaryl/α,β-unsaturated/α-hetero) is 1. The van der Waals surface area contributed by atoms with Crippen LogP contribution in [0.25, 0.3) is 0 Å². The molecule has 2 aromatic rings. The summed E-state index contributed by atoms with van der Waals surface area (Å²) >= 11 is 6.34. The van der Waals surface area contributed by atoms with Crippen LogP contribution in [0.3, 0.4) is 0 Å². The molecule has 0 saturated carbocycles. The summed E-state index contributed by atoms with van der Waals surface area (Å²) in [5.41, 5.74) is 3.00. The number of carbonyl (C=O) groups is 2. The maximum atomic E-state index is 12.9. The first-order chi connectivity index (χ1) is 15.3. The first-order valence-corrected chi connectivity index (χ1v) is 11.7. The Balaban J connectivity index is 1.35. The van der Waals surface area contributed by atoms with Gasteiger partial charge in [0.05, 0.1) is 12.0 Å². The summed E-state index contributed by atoms with van der Waals surface area (Å²) in [6.45, 7) is 7.04. The molecule has 1 saturated heterocycles. The molecule has 0 aliphatic carbocycles. The minimum atomic E-state index is -0.552. The van der Waals surface area contributed by atoms with Gasteiger partial charge < -0.3 is 14.4 Å². The SMILES string of the molecule is CCCc1ccc(OCC(=O)N2CCC3(CC2)CC(=O)c2c(cc(C)c(Cl)c2C)O3)cc1. The van der Waals surface area contributed by atoms with E-state index in [1.54, 1.807) is 4.90 Å². The molecule has 0 radical (unpaired) electrons. The smallest absolute Gasteiger partial charge is 0.260 e. The maximum Gasteiger partial charge on any atom is 0.260 e. The number of benzene rings is 2. The maximum absolute atomic E-state index is 12.9. The predicted molar refractivity (Wildman–Crippen MR) is 125 cm³/mol. The van der Waals surface area contributed by atoms with Crippen LogP contribution in [0.15, 0.2) is 30.3 Å². The Labute approximate surface area is 194 Å². The van der Waals surface area contributed by atoms with E-state index in [4.69, 9.17) is 21.1 Å². The second kappa shape index (κ2) is 9.14. The van der Waals surface area contributed by atoms with Crippen LogP contribution in [-0.4, -0.2) is 41.9 Å². The number of likely N-dealkylation sites (tertiary alicyclic amines) is 1. The van der Waals surface area contributed by atoms with Gasteiger partial charge in [0.1, 0.15) is 17.1 Å². The Hall–Kier alpha value is -2.53.